The number of hydrogen-bond donors (Lipinski definition) is 1. The Balaban J connectivity index is 2.00. The second kappa shape index (κ2) is 5.01. The van der Waals surface area contributed by atoms with E-state index in [1.54, 1.807) is 0 Å². The van der Waals surface area contributed by atoms with Crippen LogP contribution in [0.5, 0.6) is 0 Å². The summed E-state index contributed by atoms with van der Waals surface area (Å²) in [6, 6.07) is 0.716. The summed E-state index contributed by atoms with van der Waals surface area (Å²) in [6.07, 6.45) is -3.98. The Morgan fingerprint density at radius 1 is 1.43 bits per heavy atom. The number of aliphatic carboxylic acids is 1. The van der Waals surface area contributed by atoms with Crippen molar-refractivity contribution in [1.82, 2.24) is 14.7 Å². The molecule has 0 bridgehead atoms. The molecule has 0 radical (unpaired) electrons. The maximum atomic E-state index is 13.8. The molecule has 1 aliphatic rings. The van der Waals surface area contributed by atoms with Crippen LogP contribution in [0.1, 0.15) is 12.1 Å². The van der Waals surface area contributed by atoms with E-state index in [1.807, 2.05) is 0 Å². The molecule has 10 heteroatoms. The van der Waals surface area contributed by atoms with Crippen molar-refractivity contribution in [2.75, 3.05) is 13.1 Å². The van der Waals surface area contributed by atoms with Crippen molar-refractivity contribution in [3.63, 3.8) is 0 Å². The normalized spacial score (nSPS) is 22.6. The Kier molecular flexibility index (Phi) is 3.64. The summed E-state index contributed by atoms with van der Waals surface area (Å²) >= 11 is 0. The van der Waals surface area contributed by atoms with Crippen molar-refractivity contribution in [3.8, 4) is 0 Å². The lowest BCUT2D eigenvalue weighted by atomic mass is 10.1. The minimum atomic E-state index is -4.61. The molecule has 1 amide bonds. The third-order valence-electron chi connectivity index (χ3n) is 3.18. The van der Waals surface area contributed by atoms with Gasteiger partial charge in [-0.15, -0.1) is 0 Å². The van der Waals surface area contributed by atoms with Crippen LogP contribution >= 0.6 is 0 Å². The second-order valence-electron chi connectivity index (χ2n) is 4.73. The monoisotopic (exact) mass is 309 g/mol. The van der Waals surface area contributed by atoms with E-state index in [0.29, 0.717) is 6.07 Å². The van der Waals surface area contributed by atoms with Crippen LogP contribution in [0, 0.1) is 0 Å². The lowest BCUT2D eigenvalue weighted by Gasteiger charge is -2.17. The van der Waals surface area contributed by atoms with Gasteiger partial charge < -0.3 is 10.0 Å². The number of alkyl halides is 4. The van der Waals surface area contributed by atoms with Gasteiger partial charge in [-0.1, -0.05) is 0 Å². The largest absolute Gasteiger partial charge is 0.479 e. The topological polar surface area (TPSA) is 75.4 Å². The average Bonchev–Trinajstić information content (AvgIpc) is 2.96. The highest BCUT2D eigenvalue weighted by Crippen LogP contribution is 2.28. The minimum Gasteiger partial charge on any atom is -0.479 e. The van der Waals surface area contributed by atoms with Gasteiger partial charge in [0, 0.05) is 19.2 Å². The zero-order valence-electron chi connectivity index (χ0n) is 10.6. The van der Waals surface area contributed by atoms with Gasteiger partial charge in [-0.3, -0.25) is 9.48 Å². The van der Waals surface area contributed by atoms with Gasteiger partial charge in [0.05, 0.1) is 6.54 Å². The fraction of sp³-hybridized carbons (Fsp3) is 0.545. The standard InChI is InChI=1S/C11H11F4N3O3/c12-10(9(20)21)2-4-17(6-10)8(19)5-18-3-1-7(16-18)11(13,14)15/h1,3H,2,4-6H2,(H,20,21). The van der Waals surface area contributed by atoms with Crippen LogP contribution in [-0.4, -0.2) is 50.4 Å². The highest BCUT2D eigenvalue weighted by molar-refractivity contribution is 5.82. The number of nitrogens with zero attached hydrogens (tertiary/aromatic N) is 3. The van der Waals surface area contributed by atoms with Crippen molar-refractivity contribution >= 4 is 11.9 Å². The van der Waals surface area contributed by atoms with Gasteiger partial charge in [0.1, 0.15) is 6.54 Å². The molecule has 116 valence electrons. The molecule has 0 aromatic carbocycles. The third kappa shape index (κ3) is 3.14. The molecule has 0 saturated carbocycles. The van der Waals surface area contributed by atoms with Crippen LogP contribution in [-0.2, 0) is 22.3 Å². The molecule has 2 rings (SSSR count). The lowest BCUT2D eigenvalue weighted by molar-refractivity contribution is -0.150. The van der Waals surface area contributed by atoms with Crippen LogP contribution in [0.2, 0.25) is 0 Å². The summed E-state index contributed by atoms with van der Waals surface area (Å²) < 4.78 is 51.6. The lowest BCUT2D eigenvalue weighted by Crippen LogP contribution is -2.39. The molecule has 1 saturated heterocycles. The van der Waals surface area contributed by atoms with Crippen molar-refractivity contribution in [2.45, 2.75) is 24.8 Å². The molecule has 6 nitrogen and oxygen atoms in total. The zero-order valence-corrected chi connectivity index (χ0v) is 10.6. The number of aromatic nitrogens is 2. The van der Waals surface area contributed by atoms with E-state index in [4.69, 9.17) is 5.11 Å². The van der Waals surface area contributed by atoms with Crippen LogP contribution in [0.4, 0.5) is 17.6 Å². The summed E-state index contributed by atoms with van der Waals surface area (Å²) in [7, 11) is 0. The number of rotatable bonds is 3. The molecule has 1 aliphatic heterocycles. The van der Waals surface area contributed by atoms with E-state index in [2.05, 4.69) is 5.10 Å². The van der Waals surface area contributed by atoms with E-state index in [9.17, 15) is 27.2 Å². The van der Waals surface area contributed by atoms with E-state index in [1.165, 1.54) is 0 Å². The Morgan fingerprint density at radius 3 is 2.57 bits per heavy atom. The van der Waals surface area contributed by atoms with Crippen molar-refractivity contribution in [3.05, 3.63) is 18.0 Å². The Bertz CT molecular complexity index is 571. The first kappa shape index (κ1) is 15.3. The van der Waals surface area contributed by atoms with Crippen LogP contribution in [0.25, 0.3) is 0 Å². The van der Waals surface area contributed by atoms with Gasteiger partial charge in [0.15, 0.2) is 5.69 Å². The fourth-order valence-electron chi connectivity index (χ4n) is 2.00. The quantitative estimate of drug-likeness (QED) is 0.843. The Labute approximate surface area is 115 Å². The molecule has 1 N–H and O–H groups in total. The molecule has 1 aromatic rings. The summed E-state index contributed by atoms with van der Waals surface area (Å²) in [5.41, 5.74) is -3.64. The summed E-state index contributed by atoms with van der Waals surface area (Å²) in [5.74, 6) is -2.34. The maximum absolute atomic E-state index is 13.8. The van der Waals surface area contributed by atoms with Crippen molar-refractivity contribution in [1.29, 1.82) is 0 Å². The van der Waals surface area contributed by atoms with E-state index < -0.39 is 42.5 Å². The van der Waals surface area contributed by atoms with Crippen molar-refractivity contribution in [2.24, 2.45) is 0 Å². The number of halogens is 4. The van der Waals surface area contributed by atoms with E-state index in [-0.39, 0.29) is 13.0 Å². The molecule has 1 atom stereocenters. The number of amides is 1. The van der Waals surface area contributed by atoms with Gasteiger partial charge in [-0.25, -0.2) is 9.18 Å². The van der Waals surface area contributed by atoms with Crippen LogP contribution in [0.15, 0.2) is 12.3 Å². The highest BCUT2D eigenvalue weighted by atomic mass is 19.4. The van der Waals surface area contributed by atoms with Gasteiger partial charge in [-0.05, 0) is 6.07 Å². The molecule has 21 heavy (non-hydrogen) atoms. The van der Waals surface area contributed by atoms with E-state index >= 15 is 0 Å². The smallest absolute Gasteiger partial charge is 0.435 e. The number of likely N-dealkylation sites (tertiary alicyclic amines) is 1. The number of carbonyl (C=O) groups is 2. The first-order valence-electron chi connectivity index (χ1n) is 5.92. The number of carboxylic acids is 1. The van der Waals surface area contributed by atoms with Gasteiger partial charge in [0.25, 0.3) is 0 Å². The Hall–Kier alpha value is -2.13. The van der Waals surface area contributed by atoms with Crippen LogP contribution in [0.3, 0.4) is 0 Å². The SMILES string of the molecule is O=C(Cn1ccc(C(F)(F)F)n1)N1CCC(F)(C(=O)O)C1. The second-order valence-corrected chi connectivity index (χ2v) is 4.73. The summed E-state index contributed by atoms with van der Waals surface area (Å²) in [6.45, 7) is -1.23. The van der Waals surface area contributed by atoms with E-state index in [0.717, 1.165) is 15.8 Å². The highest BCUT2D eigenvalue weighted by Gasteiger charge is 2.46. The summed E-state index contributed by atoms with van der Waals surface area (Å²) in [5, 5.41) is 11.9. The van der Waals surface area contributed by atoms with Gasteiger partial charge >= 0.3 is 12.1 Å². The molecule has 1 fully saturated rings. The number of carbonyl (C=O) groups excluding carboxylic acids is 1. The Morgan fingerprint density at radius 2 is 2.10 bits per heavy atom. The molecular weight excluding hydrogens is 298 g/mol. The minimum absolute atomic E-state index is 0.102. The zero-order chi connectivity index (χ0) is 15.8. The van der Waals surface area contributed by atoms with Crippen LogP contribution < -0.4 is 0 Å². The first-order chi connectivity index (χ1) is 9.62. The third-order valence-corrected chi connectivity index (χ3v) is 3.18. The fourth-order valence-corrected chi connectivity index (χ4v) is 2.00. The molecule has 1 unspecified atom stereocenters. The first-order valence-corrected chi connectivity index (χ1v) is 5.92. The van der Waals surface area contributed by atoms with Gasteiger partial charge in [-0.2, -0.15) is 18.3 Å². The predicted octanol–water partition coefficient (Wildman–Crippen LogP) is 0.927. The summed E-state index contributed by atoms with van der Waals surface area (Å²) in [4.78, 5) is 23.5. The molecule has 1 aromatic heterocycles. The predicted molar refractivity (Wildman–Crippen MR) is 59.9 cm³/mol. The maximum Gasteiger partial charge on any atom is 0.435 e. The molecule has 0 aliphatic carbocycles. The molecular formula is C11H11F4N3O3. The molecule has 2 heterocycles. The molecule has 0 spiro atoms. The van der Waals surface area contributed by atoms with Crippen molar-refractivity contribution < 1.29 is 32.3 Å². The number of carboxylic acid groups (broad SMARTS) is 1. The van der Waals surface area contributed by atoms with Gasteiger partial charge in [0.2, 0.25) is 11.6 Å². The number of hydrogen-bond acceptors (Lipinski definition) is 3. The average molecular weight is 309 g/mol.